The van der Waals surface area contributed by atoms with E-state index in [1.54, 1.807) is 0 Å². The Hall–Kier alpha value is -14.5. The van der Waals surface area contributed by atoms with E-state index in [0.717, 1.165) is 298 Å². The van der Waals surface area contributed by atoms with Gasteiger partial charge in [-0.2, -0.15) is 36.4 Å². The second-order valence-electron chi connectivity index (χ2n) is 35.7. The Balaban J connectivity index is 0.000000128. The molecular formula is C126H100N16Pt4. The molecule has 36 bridgehead atoms. The zero-order valence-corrected chi connectivity index (χ0v) is 90.9. The largest absolute Gasteiger partial charge is 2.00 e. The standard InChI is InChI=1S/C39H23N5.C33H31N5.C30H30N4.C24H16N2.4Pt/c1-2-14-29-28(13-1)34-19-24-9-7-11-26(40-24)21-36-30-15-3-5-17-32(30)38(43-36)23-39-33-18-6-4-16-31(33)37(44-39)22-27-12-8-10-25(41-27)20-35(29)42-34;1-5-21-22(6-2)31-19-32-23(7-3)24(8-4)33(38-32)29-17-11-16-28(36-29)27-15-10-14-26(35-27)25-13-9-12-20(34-25)18-30(21)37-31;1-5-21-23(7-3)29-30-24(8-4)22(6-2)26(34-30)18-16-20-12-10-14-28(32-20)27-13-9-11-19(31-27)15-17-25(21)33-29;1-5-17-13-19(7-1)20-8-2-6-18(14-20)16-22-10-4-12-24(26-22)23-11-3-9-21(15-17)25-23;;;;/h1-23H;9-19H,5-8H2,1-4H3;9-18H,5-8H2,1-4H3;1-12H,15-16H2;;;;/q4*-2;4*+2. The maximum atomic E-state index is 5.19. The average molecular weight is 2620 g/mol. The van der Waals surface area contributed by atoms with Crippen molar-refractivity contribution in [3.63, 3.8) is 0 Å². The number of rotatable bonds is 8. The monoisotopic (exact) mass is 2620 g/mol. The molecule has 0 N–H and O–H groups in total. The summed E-state index contributed by atoms with van der Waals surface area (Å²) in [6, 6.07) is 118. The fourth-order valence-electron chi connectivity index (χ4n) is 20.2. The van der Waals surface area contributed by atoms with Gasteiger partial charge in [-0.25, -0.2) is 51.0 Å². The maximum absolute atomic E-state index is 5.19. The number of pyridine rings is 9. The molecular weight excluding hydrogens is 2520 g/mol. The summed E-state index contributed by atoms with van der Waals surface area (Å²) in [5, 5.41) is 6.30. The molecule has 3 aliphatic rings. The molecule has 0 radical (unpaired) electrons. The van der Waals surface area contributed by atoms with Crippen molar-refractivity contribution in [2.75, 3.05) is 0 Å². The van der Waals surface area contributed by atoms with Crippen LogP contribution in [0.3, 0.4) is 0 Å². The van der Waals surface area contributed by atoms with Crippen molar-refractivity contribution in [1.82, 2.24) is 79.7 Å². The summed E-state index contributed by atoms with van der Waals surface area (Å²) in [4.78, 5) is 80.2. The van der Waals surface area contributed by atoms with Crippen LogP contribution in [0.15, 0.2) is 328 Å². The van der Waals surface area contributed by atoms with Gasteiger partial charge in [0.05, 0.1) is 95.4 Å². The first-order chi connectivity index (χ1) is 69.9. The molecule has 0 fully saturated rings. The summed E-state index contributed by atoms with van der Waals surface area (Å²) < 4.78 is 0. The Morgan fingerprint density at radius 1 is 0.233 bits per heavy atom. The van der Waals surface area contributed by atoms with Gasteiger partial charge in [-0.05, 0) is 219 Å². The molecule has 0 spiro atoms. The third kappa shape index (κ3) is 21.1. The molecule has 20 heterocycles. The number of aromatic nitrogens is 16. The van der Waals surface area contributed by atoms with Crippen LogP contribution in [0.1, 0.15) is 134 Å². The van der Waals surface area contributed by atoms with Crippen LogP contribution < -0.4 is 40.6 Å². The summed E-state index contributed by atoms with van der Waals surface area (Å²) in [5.41, 5.74) is 44.0. The summed E-state index contributed by atoms with van der Waals surface area (Å²) in [7, 11) is 0. The Morgan fingerprint density at radius 2 is 0.596 bits per heavy atom. The molecule has 0 unspecified atom stereocenters. The van der Waals surface area contributed by atoms with Gasteiger partial charge in [-0.15, -0.1) is 89.5 Å². The summed E-state index contributed by atoms with van der Waals surface area (Å²) in [6.07, 6.45) is 13.2. The molecule has 16 nitrogen and oxygen atoms in total. The van der Waals surface area contributed by atoms with E-state index in [4.69, 9.17) is 79.7 Å². The molecule has 724 valence electrons. The minimum atomic E-state index is 0. The molecule has 3 aliphatic heterocycles. The van der Waals surface area contributed by atoms with Crippen molar-refractivity contribution in [2.45, 2.75) is 120 Å². The minimum absolute atomic E-state index is 0. The average Bonchev–Trinajstić information content (AvgIpc) is 1.61. The number of hydrogen-bond donors (Lipinski definition) is 0. The van der Waals surface area contributed by atoms with E-state index in [9.17, 15) is 0 Å². The van der Waals surface area contributed by atoms with Crippen LogP contribution in [-0.4, -0.2) is 49.8 Å². The number of hydrogen-bond acceptors (Lipinski definition) is 10. The van der Waals surface area contributed by atoms with E-state index in [0.29, 0.717) is 0 Å². The Morgan fingerprint density at radius 3 is 1.06 bits per heavy atom. The summed E-state index contributed by atoms with van der Waals surface area (Å²) in [5.74, 6) is 0. The quantitative estimate of drug-likeness (QED) is 0.129. The topological polar surface area (TPSA) is 213 Å². The van der Waals surface area contributed by atoms with Crippen LogP contribution in [0.5, 0.6) is 0 Å². The fourth-order valence-corrected chi connectivity index (χ4v) is 20.2. The Bertz CT molecular complexity index is 8880. The number of fused-ring (bicyclic) bond motifs is 52. The van der Waals surface area contributed by atoms with Gasteiger partial charge in [0.2, 0.25) is 0 Å². The minimum Gasteiger partial charge on any atom is -0.658 e. The van der Waals surface area contributed by atoms with E-state index < -0.39 is 0 Å². The first-order valence-electron chi connectivity index (χ1n) is 49.3. The molecule has 0 atom stereocenters. The summed E-state index contributed by atoms with van der Waals surface area (Å²) >= 11 is 0. The fraction of sp³-hybridized carbons (Fsp3) is 0.143. The number of aryl methyl sites for hydroxylation is 4. The second kappa shape index (κ2) is 45.4. The van der Waals surface area contributed by atoms with Crippen LogP contribution in [0.2, 0.25) is 0 Å². The van der Waals surface area contributed by atoms with Gasteiger partial charge in [0.25, 0.3) is 0 Å². The molecule has 17 aromatic heterocycles. The van der Waals surface area contributed by atoms with Crippen molar-refractivity contribution >= 4 is 122 Å². The van der Waals surface area contributed by atoms with E-state index in [-0.39, 0.29) is 84.3 Å². The van der Waals surface area contributed by atoms with Crippen LogP contribution in [-0.2, 0) is 148 Å². The van der Waals surface area contributed by atoms with Crippen molar-refractivity contribution in [1.29, 1.82) is 0 Å². The van der Waals surface area contributed by atoms with Crippen LogP contribution in [0.25, 0.3) is 201 Å². The third-order valence-electron chi connectivity index (χ3n) is 26.8. The molecule has 22 aromatic rings. The smallest absolute Gasteiger partial charge is 0.658 e. The van der Waals surface area contributed by atoms with Crippen LogP contribution >= 0.6 is 0 Å². The van der Waals surface area contributed by atoms with Crippen molar-refractivity contribution in [3.05, 3.63) is 429 Å². The molecule has 0 saturated heterocycles. The van der Waals surface area contributed by atoms with Gasteiger partial charge in [0, 0.05) is 28.2 Å². The number of benzene rings is 5. The molecule has 0 aliphatic carbocycles. The van der Waals surface area contributed by atoms with Gasteiger partial charge in [0.15, 0.2) is 0 Å². The molecule has 20 heteroatoms. The molecule has 25 rings (SSSR count). The van der Waals surface area contributed by atoms with Gasteiger partial charge in [-0.1, -0.05) is 270 Å². The zero-order chi connectivity index (χ0) is 96.3. The summed E-state index contributed by atoms with van der Waals surface area (Å²) in [6.45, 7) is 17.7. The zero-order valence-electron chi connectivity index (χ0n) is 81.8. The normalized spacial score (nSPS) is 11.5. The van der Waals surface area contributed by atoms with E-state index >= 15 is 0 Å². The van der Waals surface area contributed by atoms with Crippen molar-refractivity contribution < 1.29 is 84.3 Å². The molecule has 5 aromatic carbocycles. The van der Waals surface area contributed by atoms with E-state index in [1.165, 1.54) is 44.5 Å². The van der Waals surface area contributed by atoms with Gasteiger partial charge >= 0.3 is 84.3 Å². The van der Waals surface area contributed by atoms with Crippen LogP contribution in [0.4, 0.5) is 0 Å². The second-order valence-corrected chi connectivity index (χ2v) is 35.7. The van der Waals surface area contributed by atoms with Gasteiger partial charge in [-0.3, -0.25) is 9.97 Å². The first kappa shape index (κ1) is 102. The van der Waals surface area contributed by atoms with E-state index in [1.807, 2.05) is 158 Å². The Kier molecular flexibility index (Phi) is 31.6. The van der Waals surface area contributed by atoms with Crippen LogP contribution in [0, 0.1) is 12.1 Å². The molecule has 0 amide bonds. The molecule has 0 saturated carbocycles. The van der Waals surface area contributed by atoms with E-state index in [2.05, 4.69) is 250 Å². The Labute approximate surface area is 905 Å². The SMILES string of the molecule is CCc1c(CC)c2[n-]c1ccc1cccc(n1)c1cccc(ccc3[n-]c2c(CC)c3CC)n1.CCc1c2[n-]c(c1CC)-c1cccc(n1)-c1cccc(n1)-c1cccc(n1)C=c1[n-]c(c(CC)c1CC)=C2.[Pt+2].[Pt+2].[Pt+2].[Pt+2].[c-]1c2cccc1-c1[c-]c(ccc1)Cc1cccc(n1)-c1cccc(n1)C2.c1ccc2c(c1)-c1cc3cccc(cc4[n-]c(cc5cccc(cc6[n-]c(cc-2n1)c1ccccc61)n5)c1ccccc41)n3. The maximum Gasteiger partial charge on any atom is 2.00 e. The first-order valence-corrected chi connectivity index (χ1v) is 49.3. The van der Waals surface area contributed by atoms with Gasteiger partial charge in [0.1, 0.15) is 0 Å². The predicted octanol–water partition coefficient (Wildman–Crippen LogP) is 26.0. The third-order valence-corrected chi connectivity index (χ3v) is 26.8. The van der Waals surface area contributed by atoms with Crippen molar-refractivity contribution in [3.8, 4) is 79.2 Å². The molecule has 146 heavy (non-hydrogen) atoms. The predicted molar refractivity (Wildman–Crippen MR) is 578 cm³/mol. The van der Waals surface area contributed by atoms with Gasteiger partial charge < -0.3 is 29.9 Å². The van der Waals surface area contributed by atoms with Crippen molar-refractivity contribution in [2.24, 2.45) is 0 Å². The number of nitrogens with zero attached hydrogens (tertiary/aromatic N) is 16.